The van der Waals surface area contributed by atoms with Crippen molar-refractivity contribution < 1.29 is 14.3 Å². The first-order valence-corrected chi connectivity index (χ1v) is 13.1. The van der Waals surface area contributed by atoms with Gasteiger partial charge in [-0.25, -0.2) is 0 Å². The fraction of sp³-hybridized carbons (Fsp3) is 0.481. The number of hydrogen-bond acceptors (Lipinski definition) is 4. The molecule has 2 amide bonds. The zero-order valence-electron chi connectivity index (χ0n) is 19.0. The van der Waals surface area contributed by atoms with Gasteiger partial charge < -0.3 is 10.1 Å². The summed E-state index contributed by atoms with van der Waals surface area (Å²) in [6.07, 6.45) is 7.16. The van der Waals surface area contributed by atoms with Gasteiger partial charge in [0.05, 0.1) is 18.3 Å². The molecule has 4 saturated carbocycles. The van der Waals surface area contributed by atoms with Crippen LogP contribution in [0, 0.1) is 23.2 Å². The molecule has 6 heteroatoms. The summed E-state index contributed by atoms with van der Waals surface area (Å²) in [6, 6.07) is 15.7. The number of hydrogen-bond donors (Lipinski definition) is 1. The number of carbonyl (C=O) groups is 2. The highest BCUT2D eigenvalue weighted by atomic mass is 32.2. The van der Waals surface area contributed by atoms with Crippen molar-refractivity contribution in [3.8, 4) is 5.75 Å². The molecule has 7 rings (SSSR count). The number of benzene rings is 2. The number of nitrogens with one attached hydrogen (secondary N) is 1. The summed E-state index contributed by atoms with van der Waals surface area (Å²) in [6.45, 7) is 0. The summed E-state index contributed by atoms with van der Waals surface area (Å²) in [4.78, 5) is 28.1. The molecule has 0 aromatic heterocycles. The first-order valence-electron chi connectivity index (χ1n) is 12.0. The van der Waals surface area contributed by atoms with Crippen molar-refractivity contribution in [1.82, 2.24) is 0 Å². The Hall–Kier alpha value is -2.47. The van der Waals surface area contributed by atoms with Gasteiger partial charge in [0.1, 0.15) is 11.1 Å². The molecule has 1 unspecified atom stereocenters. The van der Waals surface area contributed by atoms with Crippen molar-refractivity contribution in [1.29, 1.82) is 0 Å². The summed E-state index contributed by atoms with van der Waals surface area (Å²) in [5.74, 6) is 3.75. The van der Waals surface area contributed by atoms with E-state index in [2.05, 4.69) is 5.32 Å². The highest BCUT2D eigenvalue weighted by molar-refractivity contribution is 8.00. The normalized spacial score (nSPS) is 32.3. The molecule has 2 aromatic rings. The van der Waals surface area contributed by atoms with Crippen LogP contribution in [0.15, 0.2) is 48.5 Å². The number of methoxy groups -OCH3 is 1. The first-order chi connectivity index (χ1) is 16.0. The van der Waals surface area contributed by atoms with Crippen molar-refractivity contribution in [2.75, 3.05) is 23.1 Å². The van der Waals surface area contributed by atoms with Crippen LogP contribution in [-0.4, -0.2) is 24.7 Å². The molecule has 172 valence electrons. The topological polar surface area (TPSA) is 58.6 Å². The standard InChI is InChI=1S/C27H30N2O3S/c1-32-23-7-5-22(6-8-23)29-24(30)16-33-25(29)20-3-2-4-21(12-20)28-26(31)27-13-17-9-18(14-27)11-19(10-17)15-27/h2-8,12,17-19,25H,9-11,13-16H2,1H3,(H,28,31). The molecule has 0 radical (unpaired) electrons. The molecule has 1 aliphatic heterocycles. The Labute approximate surface area is 199 Å². The fourth-order valence-electron chi connectivity index (χ4n) is 7.12. The predicted octanol–water partition coefficient (Wildman–Crippen LogP) is 5.63. The van der Waals surface area contributed by atoms with Gasteiger partial charge in [-0.1, -0.05) is 12.1 Å². The second-order valence-electron chi connectivity index (χ2n) is 10.4. The van der Waals surface area contributed by atoms with E-state index in [1.54, 1.807) is 18.9 Å². The maximum absolute atomic E-state index is 13.5. The molecule has 1 heterocycles. The minimum atomic E-state index is -0.169. The van der Waals surface area contributed by atoms with E-state index < -0.39 is 0 Å². The zero-order valence-corrected chi connectivity index (χ0v) is 19.8. The van der Waals surface area contributed by atoms with Crippen LogP contribution < -0.4 is 15.0 Å². The second-order valence-corrected chi connectivity index (χ2v) is 11.5. The van der Waals surface area contributed by atoms with E-state index in [0.29, 0.717) is 5.75 Å². The van der Waals surface area contributed by atoms with Crippen LogP contribution in [-0.2, 0) is 9.59 Å². The van der Waals surface area contributed by atoms with Crippen LogP contribution in [0.3, 0.4) is 0 Å². The van der Waals surface area contributed by atoms with Gasteiger partial charge in [0.2, 0.25) is 11.8 Å². The maximum Gasteiger partial charge on any atom is 0.238 e. The maximum atomic E-state index is 13.5. The number of amides is 2. The number of ether oxygens (including phenoxy) is 1. The quantitative estimate of drug-likeness (QED) is 0.626. The Morgan fingerprint density at radius 1 is 1.03 bits per heavy atom. The van der Waals surface area contributed by atoms with Gasteiger partial charge in [0.15, 0.2) is 0 Å². The van der Waals surface area contributed by atoms with Gasteiger partial charge >= 0.3 is 0 Å². The van der Waals surface area contributed by atoms with E-state index in [0.717, 1.165) is 59.7 Å². The smallest absolute Gasteiger partial charge is 0.238 e. The average molecular weight is 463 g/mol. The fourth-order valence-corrected chi connectivity index (χ4v) is 8.28. The average Bonchev–Trinajstić information content (AvgIpc) is 3.20. The number of thioether (sulfide) groups is 1. The van der Waals surface area contributed by atoms with Crippen LogP contribution in [0.25, 0.3) is 0 Å². The minimum Gasteiger partial charge on any atom is -0.497 e. The molecular weight excluding hydrogens is 432 g/mol. The number of rotatable bonds is 5. The van der Waals surface area contributed by atoms with Crippen LogP contribution in [0.5, 0.6) is 5.75 Å². The summed E-state index contributed by atoms with van der Waals surface area (Å²) in [7, 11) is 1.64. The van der Waals surface area contributed by atoms with Crippen LogP contribution in [0.1, 0.15) is 49.5 Å². The number of carbonyl (C=O) groups excluding carboxylic acids is 2. The lowest BCUT2D eigenvalue weighted by atomic mass is 9.49. The van der Waals surface area contributed by atoms with Crippen LogP contribution >= 0.6 is 11.8 Å². The lowest BCUT2D eigenvalue weighted by molar-refractivity contribution is -0.140. The van der Waals surface area contributed by atoms with E-state index in [-0.39, 0.29) is 22.6 Å². The Bertz CT molecular complexity index is 1050. The van der Waals surface area contributed by atoms with E-state index in [1.165, 1.54) is 19.3 Å². The summed E-state index contributed by atoms with van der Waals surface area (Å²) < 4.78 is 5.26. The minimum absolute atomic E-state index is 0.0955. The zero-order chi connectivity index (χ0) is 22.6. The van der Waals surface area contributed by atoms with E-state index in [9.17, 15) is 9.59 Å². The molecule has 4 aliphatic carbocycles. The molecular formula is C27H30N2O3S. The van der Waals surface area contributed by atoms with Crippen molar-refractivity contribution in [2.24, 2.45) is 23.2 Å². The molecule has 1 N–H and O–H groups in total. The van der Waals surface area contributed by atoms with Crippen molar-refractivity contribution in [3.63, 3.8) is 0 Å². The largest absolute Gasteiger partial charge is 0.497 e. The Morgan fingerprint density at radius 2 is 1.70 bits per heavy atom. The van der Waals surface area contributed by atoms with E-state index in [4.69, 9.17) is 4.74 Å². The van der Waals surface area contributed by atoms with Gasteiger partial charge in [-0.15, -0.1) is 11.8 Å². The van der Waals surface area contributed by atoms with Crippen molar-refractivity contribution >= 4 is 35.0 Å². The molecule has 5 fully saturated rings. The highest BCUT2D eigenvalue weighted by Gasteiger charge is 2.54. The Morgan fingerprint density at radius 3 is 2.33 bits per heavy atom. The SMILES string of the molecule is COc1ccc(N2C(=O)CSC2c2cccc(NC(=O)C34CC5CC(CC(C5)C3)C4)c2)cc1. The third kappa shape index (κ3) is 3.72. The third-order valence-corrected chi connectivity index (χ3v) is 9.38. The monoisotopic (exact) mass is 462 g/mol. The molecule has 1 saturated heterocycles. The molecule has 0 spiro atoms. The van der Waals surface area contributed by atoms with Crippen molar-refractivity contribution in [3.05, 3.63) is 54.1 Å². The molecule has 4 bridgehead atoms. The van der Waals surface area contributed by atoms with Crippen molar-refractivity contribution in [2.45, 2.75) is 43.9 Å². The summed E-state index contributed by atoms with van der Waals surface area (Å²) >= 11 is 1.62. The molecule has 2 aromatic carbocycles. The summed E-state index contributed by atoms with van der Waals surface area (Å²) in [5, 5.41) is 3.17. The lowest BCUT2D eigenvalue weighted by Gasteiger charge is -2.55. The molecule has 5 nitrogen and oxygen atoms in total. The van der Waals surface area contributed by atoms with Gasteiger partial charge in [-0.3, -0.25) is 14.5 Å². The lowest BCUT2D eigenvalue weighted by Crippen LogP contribution is -2.51. The van der Waals surface area contributed by atoms with Gasteiger partial charge in [-0.2, -0.15) is 0 Å². The van der Waals surface area contributed by atoms with Crippen LogP contribution in [0.2, 0.25) is 0 Å². The number of nitrogens with zero attached hydrogens (tertiary/aromatic N) is 1. The van der Waals surface area contributed by atoms with Gasteiger partial charge in [0.25, 0.3) is 0 Å². The first kappa shape index (κ1) is 21.1. The molecule has 5 aliphatic rings. The molecule has 33 heavy (non-hydrogen) atoms. The predicted molar refractivity (Wildman–Crippen MR) is 131 cm³/mol. The summed E-state index contributed by atoms with van der Waals surface area (Å²) in [5.41, 5.74) is 2.56. The van der Waals surface area contributed by atoms with Crippen LogP contribution in [0.4, 0.5) is 11.4 Å². The second kappa shape index (κ2) is 8.08. The number of anilines is 2. The van der Waals surface area contributed by atoms with E-state index in [1.807, 2.05) is 53.4 Å². The van der Waals surface area contributed by atoms with E-state index >= 15 is 0 Å². The van der Waals surface area contributed by atoms with Gasteiger partial charge in [0, 0.05) is 11.4 Å². The highest BCUT2D eigenvalue weighted by Crippen LogP contribution is 2.60. The third-order valence-electron chi connectivity index (χ3n) is 8.17. The Balaban J connectivity index is 1.22. The molecule has 1 atom stereocenters. The van der Waals surface area contributed by atoms with Gasteiger partial charge in [-0.05, 0) is 98.2 Å². The Kier molecular flexibility index (Phi) is 5.17.